The lowest BCUT2D eigenvalue weighted by Crippen LogP contribution is -2.28. The number of benzene rings is 4. The number of fused-ring (bicyclic) bond motifs is 1. The fraction of sp³-hybridized carbons (Fsp3) is 0.359. The van der Waals surface area contributed by atoms with Crippen molar-refractivity contribution in [3.05, 3.63) is 136 Å². The van der Waals surface area contributed by atoms with Gasteiger partial charge in [0.15, 0.2) is 0 Å². The van der Waals surface area contributed by atoms with Crippen molar-refractivity contribution < 1.29 is 22.6 Å². The Hall–Kier alpha value is -4.12. The first-order chi connectivity index (χ1) is 22.1. The molecule has 0 spiro atoms. The van der Waals surface area contributed by atoms with Crippen molar-refractivity contribution in [1.82, 2.24) is 4.90 Å². The quantitative estimate of drug-likeness (QED) is 0.157. The molecular weight excluding hydrogens is 585 g/mol. The van der Waals surface area contributed by atoms with Crippen LogP contribution in [-0.4, -0.2) is 25.5 Å². The molecule has 1 aliphatic heterocycles. The predicted octanol–water partition coefficient (Wildman–Crippen LogP) is 9.92. The van der Waals surface area contributed by atoms with E-state index in [1.165, 1.54) is 24.3 Å². The van der Waals surface area contributed by atoms with Crippen molar-refractivity contribution in [1.29, 1.82) is 5.26 Å². The molecule has 1 aliphatic rings. The minimum atomic E-state index is -2.82. The van der Waals surface area contributed by atoms with Gasteiger partial charge in [0.1, 0.15) is 23.3 Å². The summed E-state index contributed by atoms with van der Waals surface area (Å²) in [4.78, 5) is 2.15. The Morgan fingerprint density at radius 3 is 2.26 bits per heavy atom. The highest BCUT2D eigenvalue weighted by Gasteiger charge is 2.41. The van der Waals surface area contributed by atoms with Crippen molar-refractivity contribution in [2.24, 2.45) is 0 Å². The van der Waals surface area contributed by atoms with Crippen molar-refractivity contribution in [2.75, 3.05) is 20.6 Å². The molecule has 0 fully saturated rings. The maximum absolute atomic E-state index is 13.4. The second kappa shape index (κ2) is 15.9. The van der Waals surface area contributed by atoms with E-state index in [0.29, 0.717) is 17.9 Å². The van der Waals surface area contributed by atoms with Gasteiger partial charge >= 0.3 is 0 Å². The molecule has 0 radical (unpaired) electrons. The third-order valence-corrected chi connectivity index (χ3v) is 8.22. The lowest BCUT2D eigenvalue weighted by atomic mass is 9.81. The summed E-state index contributed by atoms with van der Waals surface area (Å²) < 4.78 is 52.1. The van der Waals surface area contributed by atoms with Gasteiger partial charge in [-0.25, -0.2) is 13.2 Å². The van der Waals surface area contributed by atoms with Gasteiger partial charge in [-0.3, -0.25) is 0 Å². The summed E-state index contributed by atoms with van der Waals surface area (Å²) >= 11 is 0. The standard InChI is InChI=1S/C20H21FN2O.C19H22F2O/c1-23(2)11-3-10-20(17-5-7-18(21)8-6-17)19-9-4-15(13-22)12-16(19)14-24-20;1-3-4-10-18(15-8-6-5-7-9-15)22-17-13-11-16(12-14-17)19(2,20)21/h4-9,12H,3,10-11,14H2,1-2H3;5-9,11-14,18H,3-4,10H2,1-2H3/t20-;/m0./s1. The first kappa shape index (κ1) is 34.7. The second-order valence-corrected chi connectivity index (χ2v) is 12.1. The Labute approximate surface area is 271 Å². The topological polar surface area (TPSA) is 45.5 Å². The minimum Gasteiger partial charge on any atom is -0.486 e. The fourth-order valence-corrected chi connectivity index (χ4v) is 5.75. The van der Waals surface area contributed by atoms with E-state index in [0.717, 1.165) is 67.8 Å². The van der Waals surface area contributed by atoms with Crippen LogP contribution in [0.5, 0.6) is 5.75 Å². The number of rotatable bonds is 12. The summed E-state index contributed by atoms with van der Waals surface area (Å²) in [7, 11) is 4.10. The molecule has 1 heterocycles. The van der Waals surface area contributed by atoms with Crippen LogP contribution in [-0.2, 0) is 22.9 Å². The number of hydrogen-bond acceptors (Lipinski definition) is 4. The molecule has 7 heteroatoms. The molecule has 0 saturated heterocycles. The van der Waals surface area contributed by atoms with Crippen molar-refractivity contribution in [3.8, 4) is 11.8 Å². The smallest absolute Gasteiger partial charge is 0.270 e. The van der Waals surface area contributed by atoms with Gasteiger partial charge < -0.3 is 14.4 Å². The van der Waals surface area contributed by atoms with E-state index in [1.54, 1.807) is 24.3 Å². The Bertz CT molecular complexity index is 1560. The zero-order chi connectivity index (χ0) is 33.2. The van der Waals surface area contributed by atoms with E-state index in [-0.39, 0.29) is 17.5 Å². The van der Waals surface area contributed by atoms with Crippen molar-refractivity contribution in [3.63, 3.8) is 0 Å². The highest BCUT2D eigenvalue weighted by molar-refractivity contribution is 5.48. The summed E-state index contributed by atoms with van der Waals surface area (Å²) in [6.45, 7) is 4.47. The molecule has 0 saturated carbocycles. The van der Waals surface area contributed by atoms with Gasteiger partial charge in [0.05, 0.1) is 18.2 Å². The summed E-state index contributed by atoms with van der Waals surface area (Å²) in [5.74, 6) is -2.45. The van der Waals surface area contributed by atoms with Crippen LogP contribution in [0.25, 0.3) is 0 Å². The molecule has 0 amide bonds. The predicted molar refractivity (Wildman–Crippen MR) is 176 cm³/mol. The number of nitriles is 1. The van der Waals surface area contributed by atoms with Crippen LogP contribution in [0.2, 0.25) is 0 Å². The van der Waals surface area contributed by atoms with Gasteiger partial charge in [-0.15, -0.1) is 0 Å². The highest BCUT2D eigenvalue weighted by atomic mass is 19.3. The molecular formula is C39H43F3N2O2. The van der Waals surface area contributed by atoms with Crippen LogP contribution in [0.3, 0.4) is 0 Å². The minimum absolute atomic E-state index is 0.00432. The number of alkyl halides is 2. The molecule has 4 aromatic rings. The Kier molecular flexibility index (Phi) is 12.0. The van der Waals surface area contributed by atoms with E-state index >= 15 is 0 Å². The second-order valence-electron chi connectivity index (χ2n) is 12.1. The first-order valence-corrected chi connectivity index (χ1v) is 15.8. The SMILES string of the molecule is CCCCC(Oc1ccc(C(C)(F)F)cc1)c1ccccc1.CN(C)CCC[C@@]1(c2ccc(F)cc2)OCc2cc(C#N)ccc21. The molecule has 2 atom stereocenters. The van der Waals surface area contributed by atoms with Crippen LogP contribution in [0.15, 0.2) is 97.1 Å². The summed E-state index contributed by atoms with van der Waals surface area (Å²) in [6.07, 6.45) is 4.79. The van der Waals surface area contributed by atoms with E-state index < -0.39 is 11.5 Å². The number of hydrogen-bond donors (Lipinski definition) is 0. The molecule has 0 N–H and O–H groups in total. The molecule has 46 heavy (non-hydrogen) atoms. The van der Waals surface area contributed by atoms with Gasteiger partial charge in [0.25, 0.3) is 5.92 Å². The third-order valence-electron chi connectivity index (χ3n) is 8.22. The molecule has 242 valence electrons. The number of unbranched alkanes of at least 4 members (excludes halogenated alkanes) is 1. The average molecular weight is 629 g/mol. The van der Waals surface area contributed by atoms with E-state index in [4.69, 9.17) is 14.7 Å². The largest absolute Gasteiger partial charge is 0.486 e. The van der Waals surface area contributed by atoms with Gasteiger partial charge in [0, 0.05) is 12.5 Å². The molecule has 0 bridgehead atoms. The normalized spacial score (nSPS) is 16.2. The monoisotopic (exact) mass is 628 g/mol. The number of halogens is 3. The van der Waals surface area contributed by atoms with Gasteiger partial charge in [-0.2, -0.15) is 5.26 Å². The van der Waals surface area contributed by atoms with Crippen LogP contribution in [0.4, 0.5) is 13.2 Å². The van der Waals surface area contributed by atoms with Crippen molar-refractivity contribution >= 4 is 0 Å². The van der Waals surface area contributed by atoms with Gasteiger partial charge in [-0.05, 0) is 117 Å². The lowest BCUT2D eigenvalue weighted by Gasteiger charge is -2.31. The molecule has 1 unspecified atom stereocenters. The van der Waals surface area contributed by atoms with Gasteiger partial charge in [-0.1, -0.05) is 61.9 Å². The van der Waals surface area contributed by atoms with E-state index in [1.807, 2.05) is 62.6 Å². The van der Waals surface area contributed by atoms with Crippen LogP contribution in [0.1, 0.15) is 85.4 Å². The van der Waals surface area contributed by atoms with Gasteiger partial charge in [0.2, 0.25) is 0 Å². The lowest BCUT2D eigenvalue weighted by molar-refractivity contribution is -0.0140. The number of nitrogens with zero attached hydrogens (tertiary/aromatic N) is 2. The molecule has 4 nitrogen and oxygen atoms in total. The first-order valence-electron chi connectivity index (χ1n) is 15.8. The fourth-order valence-electron chi connectivity index (χ4n) is 5.75. The maximum atomic E-state index is 13.4. The average Bonchev–Trinajstić information content (AvgIpc) is 3.42. The van der Waals surface area contributed by atoms with Crippen LogP contribution in [0, 0.1) is 17.1 Å². The number of ether oxygens (including phenoxy) is 2. The van der Waals surface area contributed by atoms with E-state index in [9.17, 15) is 13.2 Å². The van der Waals surface area contributed by atoms with Crippen molar-refractivity contribution in [2.45, 2.75) is 70.2 Å². The van der Waals surface area contributed by atoms with Crippen LogP contribution >= 0.6 is 0 Å². The highest BCUT2D eigenvalue weighted by Crippen LogP contribution is 2.45. The zero-order valence-electron chi connectivity index (χ0n) is 27.1. The van der Waals surface area contributed by atoms with E-state index in [2.05, 4.69) is 17.9 Å². The zero-order valence-corrected chi connectivity index (χ0v) is 27.1. The third kappa shape index (κ3) is 8.99. The summed E-state index contributed by atoms with van der Waals surface area (Å²) in [6, 6.07) is 30.6. The molecule has 0 aliphatic carbocycles. The molecule has 4 aromatic carbocycles. The Morgan fingerprint density at radius 2 is 1.65 bits per heavy atom. The summed E-state index contributed by atoms with van der Waals surface area (Å²) in [5.41, 5.74) is 4.29. The van der Waals surface area contributed by atoms with Crippen LogP contribution < -0.4 is 4.74 Å². The molecule has 0 aromatic heterocycles. The Balaban J connectivity index is 0.000000210. The molecule has 5 rings (SSSR count). The summed E-state index contributed by atoms with van der Waals surface area (Å²) in [5, 5.41) is 9.11. The maximum Gasteiger partial charge on any atom is 0.270 e. The Morgan fingerprint density at radius 1 is 0.957 bits per heavy atom.